The number of amides is 2. The number of imidazole rings is 1. The molecule has 162 valence electrons. The third-order valence-corrected chi connectivity index (χ3v) is 6.14. The number of carbonyl (C=O) groups is 2. The molecule has 2 N–H and O–H groups in total. The summed E-state index contributed by atoms with van der Waals surface area (Å²) in [7, 11) is 0. The molecule has 33 heavy (non-hydrogen) atoms. The van der Waals surface area contributed by atoms with E-state index in [0.717, 1.165) is 0 Å². The van der Waals surface area contributed by atoms with Crippen LogP contribution in [0, 0.1) is 25.1 Å². The molecule has 0 fully saturated rings. The number of rotatable bonds is 2. The van der Waals surface area contributed by atoms with Crippen LogP contribution >= 0.6 is 0 Å². The Labute approximate surface area is 185 Å². The monoisotopic (exact) mass is 442 g/mol. The summed E-state index contributed by atoms with van der Waals surface area (Å²) < 4.78 is 15.8. The Morgan fingerprint density at radius 3 is 2.94 bits per heavy atom. The van der Waals surface area contributed by atoms with Gasteiger partial charge in [0.1, 0.15) is 28.9 Å². The number of terminal acetylenes is 1. The van der Waals surface area contributed by atoms with Gasteiger partial charge in [0, 0.05) is 17.7 Å². The number of H-pyrrole nitrogens is 1. The van der Waals surface area contributed by atoms with E-state index in [-0.39, 0.29) is 18.8 Å². The Bertz CT molecular complexity index is 1550. The molecule has 0 unspecified atom stereocenters. The van der Waals surface area contributed by atoms with Gasteiger partial charge in [0.15, 0.2) is 11.5 Å². The van der Waals surface area contributed by atoms with Crippen molar-refractivity contribution in [3.8, 4) is 18.2 Å². The Morgan fingerprint density at radius 2 is 2.12 bits per heavy atom. The molecule has 4 aromatic rings. The quantitative estimate of drug-likeness (QED) is 0.455. The lowest BCUT2D eigenvalue weighted by Crippen LogP contribution is -2.47. The molecule has 0 radical (unpaired) electrons. The van der Waals surface area contributed by atoms with E-state index >= 15 is 0 Å². The van der Waals surface area contributed by atoms with Crippen LogP contribution in [0.1, 0.15) is 23.2 Å². The van der Waals surface area contributed by atoms with E-state index in [9.17, 15) is 14.0 Å². The number of fused-ring (bicyclic) bond motifs is 5. The zero-order chi connectivity index (χ0) is 22.9. The van der Waals surface area contributed by atoms with Gasteiger partial charge in [-0.3, -0.25) is 14.5 Å². The Kier molecular flexibility index (Phi) is 3.74. The van der Waals surface area contributed by atoms with Crippen molar-refractivity contribution < 1.29 is 14.0 Å². The molecule has 0 saturated heterocycles. The number of carbonyl (C=O) groups excluding carboxylic acids is 2. The highest BCUT2D eigenvalue weighted by Crippen LogP contribution is 2.53. The smallest absolute Gasteiger partial charge is 0.243 e. The van der Waals surface area contributed by atoms with Crippen molar-refractivity contribution in [2.75, 3.05) is 16.8 Å². The molecule has 11 heteroatoms. The maximum Gasteiger partial charge on any atom is 0.243 e. The van der Waals surface area contributed by atoms with Crippen LogP contribution in [0.15, 0.2) is 30.9 Å². The van der Waals surface area contributed by atoms with Crippen LogP contribution < -0.4 is 10.2 Å². The molecule has 1 spiro atoms. The largest absolute Gasteiger partial charge is 0.340 e. The van der Waals surface area contributed by atoms with Crippen molar-refractivity contribution in [2.24, 2.45) is 0 Å². The van der Waals surface area contributed by atoms with Crippen LogP contribution in [0.25, 0.3) is 17.0 Å². The van der Waals surface area contributed by atoms with E-state index in [1.807, 2.05) is 0 Å². The minimum atomic E-state index is -1.46. The van der Waals surface area contributed by atoms with Crippen LogP contribution in [-0.4, -0.2) is 48.1 Å². The van der Waals surface area contributed by atoms with Crippen LogP contribution in [0.3, 0.4) is 0 Å². The number of aromatic amines is 1. The zero-order valence-electron chi connectivity index (χ0n) is 17.3. The minimum absolute atomic E-state index is 0.00989. The Hall–Kier alpha value is -4.59. The van der Waals surface area contributed by atoms with Gasteiger partial charge in [-0.15, -0.1) is 6.42 Å². The highest BCUT2D eigenvalue weighted by Gasteiger charge is 2.58. The van der Waals surface area contributed by atoms with Crippen molar-refractivity contribution in [1.29, 1.82) is 0 Å². The van der Waals surface area contributed by atoms with Crippen molar-refractivity contribution in [3.63, 3.8) is 0 Å². The fourth-order valence-electron chi connectivity index (χ4n) is 4.93. The standard InChI is InChI=1S/C22H15FN8O2/c1-3-6-30-14-5-4-12(23)7-13(14)22(21(30)33)8-15(32)28-19-16(22)11(2)29-31(19)20-17-18(25-9-24-17)26-10-27-20/h1,4-5,7,9-10H,6,8H2,2H3,(H,28,32)(H,24,25,26,27)/t22-/m0/s1. The molecule has 5 heterocycles. The van der Waals surface area contributed by atoms with Gasteiger partial charge in [0.2, 0.25) is 11.8 Å². The highest BCUT2D eigenvalue weighted by molar-refractivity contribution is 6.16. The summed E-state index contributed by atoms with van der Waals surface area (Å²) in [5.74, 6) is 1.79. The lowest BCUT2D eigenvalue weighted by molar-refractivity contribution is -0.126. The summed E-state index contributed by atoms with van der Waals surface area (Å²) in [6, 6.07) is 4.07. The molecular formula is C22H15FN8O2. The van der Waals surface area contributed by atoms with Gasteiger partial charge < -0.3 is 10.3 Å². The van der Waals surface area contributed by atoms with E-state index in [0.29, 0.717) is 39.5 Å². The lowest BCUT2D eigenvalue weighted by atomic mass is 9.70. The maximum absolute atomic E-state index is 14.4. The van der Waals surface area contributed by atoms with Crippen LogP contribution in [0.5, 0.6) is 0 Å². The molecule has 2 amide bonds. The van der Waals surface area contributed by atoms with Gasteiger partial charge in [0.25, 0.3) is 0 Å². The summed E-state index contributed by atoms with van der Waals surface area (Å²) in [6.45, 7) is 1.72. The lowest BCUT2D eigenvalue weighted by Gasteiger charge is -2.33. The first-order valence-corrected chi connectivity index (χ1v) is 10.1. The Morgan fingerprint density at radius 1 is 1.27 bits per heavy atom. The molecule has 6 rings (SSSR count). The second-order valence-corrected chi connectivity index (χ2v) is 7.91. The number of halogens is 1. The first-order valence-electron chi connectivity index (χ1n) is 10.1. The van der Waals surface area contributed by atoms with Gasteiger partial charge >= 0.3 is 0 Å². The third-order valence-electron chi connectivity index (χ3n) is 6.14. The summed E-state index contributed by atoms with van der Waals surface area (Å²) in [4.78, 5) is 43.8. The summed E-state index contributed by atoms with van der Waals surface area (Å²) >= 11 is 0. The number of nitrogens with one attached hydrogen (secondary N) is 2. The fourth-order valence-corrected chi connectivity index (χ4v) is 4.93. The van der Waals surface area contributed by atoms with E-state index < -0.39 is 23.0 Å². The predicted molar refractivity (Wildman–Crippen MR) is 115 cm³/mol. The first kappa shape index (κ1) is 19.1. The average molecular weight is 442 g/mol. The number of aromatic nitrogens is 6. The van der Waals surface area contributed by atoms with Crippen molar-refractivity contribution >= 4 is 34.5 Å². The second kappa shape index (κ2) is 6.46. The van der Waals surface area contributed by atoms with Gasteiger partial charge in [-0.2, -0.15) is 9.78 Å². The minimum Gasteiger partial charge on any atom is -0.340 e. The third kappa shape index (κ3) is 2.37. The number of hydrogen-bond acceptors (Lipinski definition) is 6. The van der Waals surface area contributed by atoms with Crippen molar-refractivity contribution in [2.45, 2.75) is 18.8 Å². The van der Waals surface area contributed by atoms with Crippen LogP contribution in [-0.2, 0) is 15.0 Å². The van der Waals surface area contributed by atoms with Crippen LogP contribution in [0.2, 0.25) is 0 Å². The molecule has 0 bridgehead atoms. The van der Waals surface area contributed by atoms with Crippen molar-refractivity contribution in [3.05, 3.63) is 53.5 Å². The topological polar surface area (TPSA) is 122 Å². The maximum atomic E-state index is 14.4. The van der Waals surface area contributed by atoms with E-state index in [2.05, 4.69) is 36.3 Å². The highest BCUT2D eigenvalue weighted by atomic mass is 19.1. The first-order chi connectivity index (χ1) is 16.0. The molecule has 0 saturated carbocycles. The number of benzene rings is 1. The summed E-state index contributed by atoms with van der Waals surface area (Å²) in [5.41, 5.74) is 1.29. The number of anilines is 2. The van der Waals surface area contributed by atoms with Gasteiger partial charge in [-0.1, -0.05) is 5.92 Å². The predicted octanol–water partition coefficient (Wildman–Crippen LogP) is 1.59. The van der Waals surface area contributed by atoms with Crippen LogP contribution in [0.4, 0.5) is 15.9 Å². The van der Waals surface area contributed by atoms with Gasteiger partial charge in [-0.25, -0.2) is 19.3 Å². The fraction of sp³-hybridized carbons (Fsp3) is 0.182. The SMILES string of the molecule is C#CCN1C(=O)[C@@]2(CC(=O)Nc3c2c(C)nn3-c2ncnc3nc[nH]c23)c2cc(F)ccc21. The normalized spacial score (nSPS) is 19.0. The zero-order valence-corrected chi connectivity index (χ0v) is 17.3. The molecule has 10 nitrogen and oxygen atoms in total. The number of nitrogens with zero attached hydrogens (tertiary/aromatic N) is 6. The molecular weight excluding hydrogens is 427 g/mol. The summed E-state index contributed by atoms with van der Waals surface area (Å²) in [5, 5.41) is 7.44. The Balaban J connectivity index is 1.67. The van der Waals surface area contributed by atoms with E-state index in [1.54, 1.807) is 6.92 Å². The van der Waals surface area contributed by atoms with Crippen molar-refractivity contribution in [1.82, 2.24) is 29.7 Å². The van der Waals surface area contributed by atoms with Gasteiger partial charge in [0.05, 0.1) is 18.6 Å². The summed E-state index contributed by atoms with van der Waals surface area (Å²) in [6.07, 6.45) is 8.12. The van der Waals surface area contributed by atoms with Gasteiger partial charge in [-0.05, 0) is 30.7 Å². The second-order valence-electron chi connectivity index (χ2n) is 7.91. The average Bonchev–Trinajstić information content (AvgIpc) is 3.46. The number of aryl methyl sites for hydroxylation is 1. The molecule has 2 aliphatic rings. The van der Waals surface area contributed by atoms with E-state index in [1.165, 1.54) is 40.4 Å². The molecule has 1 aromatic carbocycles. The number of hydrogen-bond donors (Lipinski definition) is 2. The van der Waals surface area contributed by atoms with E-state index in [4.69, 9.17) is 6.42 Å². The molecule has 3 aromatic heterocycles. The molecule has 0 aliphatic carbocycles. The molecule has 2 aliphatic heterocycles. The molecule has 1 atom stereocenters.